The largest absolute Gasteiger partial charge is 0.493 e. The Morgan fingerprint density at radius 3 is 2.40 bits per heavy atom. The van der Waals surface area contributed by atoms with Crippen LogP contribution in [0.25, 0.3) is 0 Å². The lowest BCUT2D eigenvalue weighted by Gasteiger charge is -2.31. The summed E-state index contributed by atoms with van der Waals surface area (Å²) in [7, 11) is 0. The van der Waals surface area contributed by atoms with Crippen molar-refractivity contribution in [1.82, 2.24) is 4.90 Å². The maximum Gasteiger partial charge on any atom is 0.255 e. The molecule has 8 heteroatoms. The number of likely N-dealkylation sites (tertiary alicyclic amines) is 1. The van der Waals surface area contributed by atoms with E-state index in [2.05, 4.69) is 5.32 Å². The van der Waals surface area contributed by atoms with Crippen LogP contribution < -0.4 is 15.8 Å². The molecule has 3 amide bonds. The maximum atomic E-state index is 12.9. The zero-order chi connectivity index (χ0) is 21.5. The number of primary amides is 1. The number of benzene rings is 2. The van der Waals surface area contributed by atoms with E-state index in [4.69, 9.17) is 10.5 Å². The molecule has 0 aromatic heterocycles. The molecule has 2 aromatic carbocycles. The van der Waals surface area contributed by atoms with Gasteiger partial charge >= 0.3 is 0 Å². The second-order valence-electron chi connectivity index (χ2n) is 7.11. The molecule has 0 spiro atoms. The summed E-state index contributed by atoms with van der Waals surface area (Å²) in [4.78, 5) is 38.2. The highest BCUT2D eigenvalue weighted by Crippen LogP contribution is 2.22. The van der Waals surface area contributed by atoms with E-state index in [-0.39, 0.29) is 42.5 Å². The average Bonchev–Trinajstić information content (AvgIpc) is 2.75. The number of nitrogens with zero attached hydrogens (tertiary/aromatic N) is 1. The molecular weight excluding hydrogens is 389 g/mol. The van der Waals surface area contributed by atoms with Gasteiger partial charge in [0.25, 0.3) is 5.91 Å². The first-order chi connectivity index (χ1) is 14.4. The summed E-state index contributed by atoms with van der Waals surface area (Å²) in [6, 6.07) is 12.3. The monoisotopic (exact) mass is 413 g/mol. The first-order valence-corrected chi connectivity index (χ1v) is 9.80. The first kappa shape index (κ1) is 21.3. The van der Waals surface area contributed by atoms with Gasteiger partial charge in [-0.3, -0.25) is 14.4 Å². The van der Waals surface area contributed by atoms with Gasteiger partial charge in [-0.15, -0.1) is 0 Å². The Morgan fingerprint density at radius 1 is 1.07 bits per heavy atom. The zero-order valence-corrected chi connectivity index (χ0v) is 16.5. The van der Waals surface area contributed by atoms with Gasteiger partial charge in [-0.1, -0.05) is 12.1 Å². The van der Waals surface area contributed by atoms with Gasteiger partial charge in [0.2, 0.25) is 11.8 Å². The third-order valence-electron chi connectivity index (χ3n) is 5.03. The van der Waals surface area contributed by atoms with Gasteiger partial charge in [-0.25, -0.2) is 4.39 Å². The first-order valence-electron chi connectivity index (χ1n) is 9.80. The Bertz CT molecular complexity index is 909. The third-order valence-corrected chi connectivity index (χ3v) is 5.03. The van der Waals surface area contributed by atoms with Crippen LogP contribution in [0.15, 0.2) is 48.5 Å². The van der Waals surface area contributed by atoms with E-state index < -0.39 is 0 Å². The van der Waals surface area contributed by atoms with E-state index in [1.807, 2.05) is 0 Å². The smallest absolute Gasteiger partial charge is 0.255 e. The van der Waals surface area contributed by atoms with Crippen molar-refractivity contribution in [3.05, 3.63) is 59.9 Å². The fourth-order valence-electron chi connectivity index (χ4n) is 3.32. The van der Waals surface area contributed by atoms with Crippen LogP contribution in [0.2, 0.25) is 0 Å². The summed E-state index contributed by atoms with van der Waals surface area (Å²) in [5, 5.41) is 2.75. The van der Waals surface area contributed by atoms with Crippen LogP contribution in [0.1, 0.15) is 29.6 Å². The van der Waals surface area contributed by atoms with Gasteiger partial charge in [0.15, 0.2) is 0 Å². The molecule has 1 saturated heterocycles. The highest BCUT2D eigenvalue weighted by Gasteiger charge is 2.27. The number of nitrogens with one attached hydrogen (secondary N) is 1. The lowest BCUT2D eigenvalue weighted by atomic mass is 9.95. The Balaban J connectivity index is 1.55. The predicted octanol–water partition coefficient (Wildman–Crippen LogP) is 2.57. The van der Waals surface area contributed by atoms with Crippen LogP contribution >= 0.6 is 0 Å². The summed E-state index contributed by atoms with van der Waals surface area (Å²) in [6.07, 6.45) is 1.15. The number of hydrogen-bond acceptors (Lipinski definition) is 4. The molecule has 0 atom stereocenters. The van der Waals surface area contributed by atoms with E-state index >= 15 is 0 Å². The second kappa shape index (κ2) is 9.87. The number of carbonyl (C=O) groups excluding carboxylic acids is 3. The molecule has 2 aromatic rings. The van der Waals surface area contributed by atoms with Crippen LogP contribution in [-0.2, 0) is 9.59 Å². The van der Waals surface area contributed by atoms with E-state index in [1.165, 1.54) is 24.3 Å². The van der Waals surface area contributed by atoms with Crippen molar-refractivity contribution in [2.45, 2.75) is 19.3 Å². The van der Waals surface area contributed by atoms with Crippen LogP contribution in [0.5, 0.6) is 5.75 Å². The summed E-state index contributed by atoms with van der Waals surface area (Å²) in [5.41, 5.74) is 6.16. The maximum absolute atomic E-state index is 12.9. The summed E-state index contributed by atoms with van der Waals surface area (Å²) < 4.78 is 18.3. The Labute approximate surface area is 174 Å². The number of rotatable bonds is 7. The molecule has 0 radical (unpaired) electrons. The van der Waals surface area contributed by atoms with Crippen molar-refractivity contribution in [2.24, 2.45) is 11.7 Å². The van der Waals surface area contributed by atoms with Crippen molar-refractivity contribution in [3.8, 4) is 5.75 Å². The number of nitrogens with two attached hydrogens (primary N) is 1. The van der Waals surface area contributed by atoms with E-state index in [9.17, 15) is 18.8 Å². The molecule has 7 nitrogen and oxygen atoms in total. The summed E-state index contributed by atoms with van der Waals surface area (Å²) in [6.45, 7) is 1.01. The number of amides is 3. The standard InChI is InChI=1S/C22H24FN3O4/c23-16-5-7-17(8-6-16)30-14-11-20(27)25-19-4-2-1-3-18(19)22(29)26-12-9-15(10-13-26)21(24)28/h1-8,15H,9-14H2,(H2,24,28)(H,25,27). The molecule has 158 valence electrons. The molecular formula is C22H24FN3O4. The van der Waals surface area contributed by atoms with Gasteiger partial charge in [-0.05, 0) is 49.2 Å². The Morgan fingerprint density at radius 2 is 1.73 bits per heavy atom. The fourth-order valence-corrected chi connectivity index (χ4v) is 3.32. The minimum absolute atomic E-state index is 0.0733. The molecule has 30 heavy (non-hydrogen) atoms. The number of halogens is 1. The SMILES string of the molecule is NC(=O)C1CCN(C(=O)c2ccccc2NC(=O)CCOc2ccc(F)cc2)CC1. The predicted molar refractivity (Wildman–Crippen MR) is 109 cm³/mol. The minimum Gasteiger partial charge on any atom is -0.493 e. The average molecular weight is 413 g/mol. The third kappa shape index (κ3) is 5.56. The molecule has 0 saturated carbocycles. The van der Waals surface area contributed by atoms with Crippen molar-refractivity contribution in [1.29, 1.82) is 0 Å². The quantitative estimate of drug-likeness (QED) is 0.728. The summed E-state index contributed by atoms with van der Waals surface area (Å²) in [5.74, 6) is -0.928. The highest BCUT2D eigenvalue weighted by atomic mass is 19.1. The van der Waals surface area contributed by atoms with Crippen LogP contribution in [0.3, 0.4) is 0 Å². The normalized spacial score (nSPS) is 14.2. The Hall–Kier alpha value is -3.42. The molecule has 1 heterocycles. The molecule has 0 unspecified atom stereocenters. The van der Waals surface area contributed by atoms with Gasteiger partial charge in [0.1, 0.15) is 11.6 Å². The minimum atomic E-state index is -0.361. The Kier molecular flexibility index (Phi) is 7.00. The molecule has 0 aliphatic carbocycles. The number of ether oxygens (including phenoxy) is 1. The van der Waals surface area contributed by atoms with Gasteiger partial charge in [-0.2, -0.15) is 0 Å². The van der Waals surface area contributed by atoms with Crippen molar-refractivity contribution >= 4 is 23.4 Å². The number of hydrogen-bond donors (Lipinski definition) is 2. The van der Waals surface area contributed by atoms with Crippen molar-refractivity contribution in [3.63, 3.8) is 0 Å². The molecule has 3 N–H and O–H groups in total. The number of piperidine rings is 1. The fraction of sp³-hybridized carbons (Fsp3) is 0.318. The van der Waals surface area contributed by atoms with Gasteiger partial charge < -0.3 is 20.7 Å². The lowest BCUT2D eigenvalue weighted by molar-refractivity contribution is -0.123. The van der Waals surface area contributed by atoms with E-state index in [0.29, 0.717) is 42.9 Å². The van der Waals surface area contributed by atoms with Crippen molar-refractivity contribution in [2.75, 3.05) is 25.0 Å². The molecule has 3 rings (SSSR count). The van der Waals surface area contributed by atoms with Crippen LogP contribution in [-0.4, -0.2) is 42.3 Å². The van der Waals surface area contributed by atoms with Gasteiger partial charge in [0.05, 0.1) is 24.3 Å². The second-order valence-corrected chi connectivity index (χ2v) is 7.11. The van der Waals surface area contributed by atoms with E-state index in [1.54, 1.807) is 29.2 Å². The molecule has 1 aliphatic heterocycles. The molecule has 0 bridgehead atoms. The number of anilines is 1. The topological polar surface area (TPSA) is 102 Å². The number of carbonyl (C=O) groups is 3. The molecule has 1 fully saturated rings. The van der Waals surface area contributed by atoms with Crippen molar-refractivity contribution < 1.29 is 23.5 Å². The lowest BCUT2D eigenvalue weighted by Crippen LogP contribution is -2.42. The van der Waals surface area contributed by atoms with Crippen LogP contribution in [0, 0.1) is 11.7 Å². The van der Waals surface area contributed by atoms with Gasteiger partial charge in [0, 0.05) is 19.0 Å². The zero-order valence-electron chi connectivity index (χ0n) is 16.5. The number of para-hydroxylation sites is 1. The highest BCUT2D eigenvalue weighted by molar-refractivity contribution is 6.03. The van der Waals surface area contributed by atoms with E-state index in [0.717, 1.165) is 0 Å². The van der Waals surface area contributed by atoms with Crippen LogP contribution in [0.4, 0.5) is 10.1 Å². The summed E-state index contributed by atoms with van der Waals surface area (Å²) >= 11 is 0. The molecule has 1 aliphatic rings.